The van der Waals surface area contributed by atoms with Crippen LogP contribution in [0.25, 0.3) is 0 Å². The van der Waals surface area contributed by atoms with Crippen LogP contribution in [0.1, 0.15) is 20.8 Å². The molecule has 80 valence electrons. The predicted octanol–water partition coefficient (Wildman–Crippen LogP) is 1.15. The molecule has 1 saturated heterocycles. The van der Waals surface area contributed by atoms with Gasteiger partial charge in [0.15, 0.2) is 0 Å². The molecule has 4 nitrogen and oxygen atoms in total. The van der Waals surface area contributed by atoms with Crippen LogP contribution in [-0.4, -0.2) is 30.5 Å². The number of hydrogen-bond donors (Lipinski definition) is 1. The van der Waals surface area contributed by atoms with Crippen LogP contribution in [-0.2, 0) is 4.74 Å². The van der Waals surface area contributed by atoms with Crippen molar-refractivity contribution >= 4 is 5.84 Å². The van der Waals surface area contributed by atoms with E-state index in [-0.39, 0.29) is 0 Å². The molecule has 0 aromatic rings. The summed E-state index contributed by atoms with van der Waals surface area (Å²) in [6, 6.07) is 0. The van der Waals surface area contributed by atoms with Gasteiger partial charge in [0.1, 0.15) is 5.84 Å². The molecular weight excluding hydrogens is 178 g/mol. The van der Waals surface area contributed by atoms with Gasteiger partial charge in [-0.15, -0.1) is 0 Å². The Labute approximate surface area is 85.4 Å². The number of amidine groups is 1. The molecule has 1 fully saturated rings. The summed E-state index contributed by atoms with van der Waals surface area (Å²) >= 11 is 0. The second-order valence-electron chi connectivity index (χ2n) is 3.63. The van der Waals surface area contributed by atoms with Crippen LogP contribution in [0.2, 0.25) is 0 Å². The molecule has 0 aromatic heterocycles. The van der Waals surface area contributed by atoms with Crippen molar-refractivity contribution in [3.63, 3.8) is 0 Å². The number of morpholine rings is 1. The molecule has 0 spiro atoms. The minimum Gasteiger partial charge on any atom is -0.373 e. The summed E-state index contributed by atoms with van der Waals surface area (Å²) in [5, 5.41) is 3.86. The second kappa shape index (κ2) is 5.00. The predicted molar refractivity (Wildman–Crippen MR) is 57.7 cm³/mol. The first-order valence-corrected chi connectivity index (χ1v) is 4.99. The highest BCUT2D eigenvalue weighted by Gasteiger charge is 2.21. The van der Waals surface area contributed by atoms with Gasteiger partial charge in [-0.3, -0.25) is 0 Å². The number of nitrogens with zero attached hydrogens (tertiary/aromatic N) is 2. The molecule has 4 heteroatoms. The van der Waals surface area contributed by atoms with Gasteiger partial charge in [0, 0.05) is 18.2 Å². The molecule has 0 radical (unpaired) electrons. The van der Waals surface area contributed by atoms with E-state index in [9.17, 15) is 0 Å². The highest BCUT2D eigenvalue weighted by molar-refractivity contribution is 5.85. The van der Waals surface area contributed by atoms with Crippen LogP contribution in [0.5, 0.6) is 0 Å². The van der Waals surface area contributed by atoms with Crippen molar-refractivity contribution in [3.8, 4) is 0 Å². The number of hydrogen-bond acceptors (Lipinski definition) is 3. The Morgan fingerprint density at radius 2 is 2.36 bits per heavy atom. The van der Waals surface area contributed by atoms with Crippen LogP contribution < -0.4 is 5.84 Å². The molecule has 0 saturated carbocycles. The fraction of sp³-hybridized carbons (Fsp3) is 0.700. The van der Waals surface area contributed by atoms with Crippen molar-refractivity contribution in [1.82, 2.24) is 4.90 Å². The van der Waals surface area contributed by atoms with Gasteiger partial charge in [-0.25, -0.2) is 0 Å². The quantitative estimate of drug-likeness (QED) is 0.297. The summed E-state index contributed by atoms with van der Waals surface area (Å²) in [5.41, 5.74) is 1.15. The molecule has 0 unspecified atom stereocenters. The van der Waals surface area contributed by atoms with Crippen molar-refractivity contribution in [3.05, 3.63) is 11.8 Å². The molecule has 0 aromatic carbocycles. The minimum atomic E-state index is 0.341. The van der Waals surface area contributed by atoms with Gasteiger partial charge in [0.05, 0.1) is 13.2 Å². The van der Waals surface area contributed by atoms with E-state index < -0.39 is 0 Å². The van der Waals surface area contributed by atoms with E-state index >= 15 is 0 Å². The number of allylic oxidation sites excluding steroid dienone is 1. The second-order valence-corrected chi connectivity index (χ2v) is 3.63. The first-order valence-electron chi connectivity index (χ1n) is 4.99. The van der Waals surface area contributed by atoms with E-state index in [1.807, 2.05) is 13.0 Å². The third-order valence-electron chi connectivity index (χ3n) is 2.31. The van der Waals surface area contributed by atoms with E-state index in [2.05, 4.69) is 23.8 Å². The van der Waals surface area contributed by atoms with E-state index in [0.29, 0.717) is 12.5 Å². The third-order valence-corrected chi connectivity index (χ3v) is 2.31. The number of ether oxygens (including phenoxy) is 1. The van der Waals surface area contributed by atoms with Crippen molar-refractivity contribution in [2.24, 2.45) is 16.9 Å². The van der Waals surface area contributed by atoms with Crippen molar-refractivity contribution in [1.29, 1.82) is 0 Å². The Hall–Kier alpha value is -1.03. The van der Waals surface area contributed by atoms with Crippen molar-refractivity contribution in [2.45, 2.75) is 20.8 Å². The lowest BCUT2D eigenvalue weighted by Gasteiger charge is -2.33. The van der Waals surface area contributed by atoms with Gasteiger partial charge >= 0.3 is 0 Å². The highest BCUT2D eigenvalue weighted by atomic mass is 16.5. The van der Waals surface area contributed by atoms with Crippen LogP contribution in [0.4, 0.5) is 0 Å². The molecule has 0 aliphatic carbocycles. The normalized spacial score (nSPS) is 22.1. The largest absolute Gasteiger partial charge is 0.373 e. The molecule has 1 rings (SSSR count). The lowest BCUT2D eigenvalue weighted by atomic mass is 10.1. The van der Waals surface area contributed by atoms with Crippen molar-refractivity contribution < 1.29 is 4.74 Å². The molecule has 14 heavy (non-hydrogen) atoms. The van der Waals surface area contributed by atoms with Gasteiger partial charge < -0.3 is 15.5 Å². The summed E-state index contributed by atoms with van der Waals surface area (Å²) in [7, 11) is 0. The molecule has 0 bridgehead atoms. The summed E-state index contributed by atoms with van der Waals surface area (Å²) in [5.74, 6) is 6.67. The van der Waals surface area contributed by atoms with Crippen molar-refractivity contribution in [2.75, 3.05) is 19.8 Å². The summed E-state index contributed by atoms with van der Waals surface area (Å²) < 4.78 is 5.37. The molecule has 1 aliphatic rings. The van der Waals surface area contributed by atoms with Gasteiger partial charge in [-0.1, -0.05) is 19.9 Å². The van der Waals surface area contributed by atoms with E-state index in [4.69, 9.17) is 10.6 Å². The number of rotatable bonds is 1. The number of hydrazone groups is 1. The molecule has 2 N–H and O–H groups in total. The van der Waals surface area contributed by atoms with Crippen LogP contribution in [0.15, 0.2) is 16.9 Å². The Balaban J connectivity index is 2.82. The highest BCUT2D eigenvalue weighted by Crippen LogP contribution is 2.15. The third kappa shape index (κ3) is 2.26. The minimum absolute atomic E-state index is 0.341. The monoisotopic (exact) mass is 197 g/mol. The van der Waals surface area contributed by atoms with Gasteiger partial charge in [-0.05, 0) is 6.92 Å². The fourth-order valence-corrected chi connectivity index (χ4v) is 1.59. The first-order chi connectivity index (χ1) is 6.70. The standard InChI is InChI=1S/C10H19N3O/c1-4-9-7-14-6-5-13(9)10(12-11)8(2)3/h4,8H,5-7,11H2,1-3H3/b9-4-,12-10-. The zero-order valence-corrected chi connectivity index (χ0v) is 9.16. The van der Waals surface area contributed by atoms with Crippen LogP contribution >= 0.6 is 0 Å². The Morgan fingerprint density at radius 3 is 2.86 bits per heavy atom. The molecule has 1 aliphatic heterocycles. The zero-order chi connectivity index (χ0) is 10.6. The average Bonchev–Trinajstić information content (AvgIpc) is 2.19. The van der Waals surface area contributed by atoms with Gasteiger partial charge in [0.25, 0.3) is 0 Å². The summed E-state index contributed by atoms with van der Waals surface area (Å²) in [4.78, 5) is 2.15. The SMILES string of the molecule is C/C=C1/COCCN1/C(=N\N)C(C)C. The molecule has 1 heterocycles. The van der Waals surface area contributed by atoms with Crippen LogP contribution in [0.3, 0.4) is 0 Å². The Morgan fingerprint density at radius 1 is 1.64 bits per heavy atom. The Bertz CT molecular complexity index is 246. The maximum Gasteiger partial charge on any atom is 0.131 e. The fourth-order valence-electron chi connectivity index (χ4n) is 1.59. The lowest BCUT2D eigenvalue weighted by Crippen LogP contribution is -2.41. The first kappa shape index (κ1) is 11.0. The van der Waals surface area contributed by atoms with Gasteiger partial charge in [0.2, 0.25) is 0 Å². The Kier molecular flexibility index (Phi) is 3.95. The van der Waals surface area contributed by atoms with Gasteiger partial charge in [-0.2, -0.15) is 5.10 Å². The molecule has 0 amide bonds. The van der Waals surface area contributed by atoms with Crippen LogP contribution in [0, 0.1) is 5.92 Å². The molecular formula is C10H19N3O. The zero-order valence-electron chi connectivity index (χ0n) is 9.16. The maximum atomic E-state index is 5.40. The summed E-state index contributed by atoms with van der Waals surface area (Å²) in [6.45, 7) is 8.42. The summed E-state index contributed by atoms with van der Waals surface area (Å²) in [6.07, 6.45) is 2.05. The topological polar surface area (TPSA) is 50.8 Å². The maximum absolute atomic E-state index is 5.40. The smallest absolute Gasteiger partial charge is 0.131 e. The molecule has 0 atom stereocenters. The van der Waals surface area contributed by atoms with E-state index in [1.165, 1.54) is 0 Å². The van der Waals surface area contributed by atoms with E-state index in [0.717, 1.165) is 24.7 Å². The lowest BCUT2D eigenvalue weighted by molar-refractivity contribution is 0.0971. The average molecular weight is 197 g/mol. The van der Waals surface area contributed by atoms with E-state index in [1.54, 1.807) is 0 Å². The number of nitrogens with two attached hydrogens (primary N) is 1.